The van der Waals surface area contributed by atoms with Crippen LogP contribution in [-0.4, -0.2) is 11.7 Å². The van der Waals surface area contributed by atoms with Crippen LogP contribution in [-0.2, 0) is 4.79 Å². The molecule has 2 nitrogen and oxygen atoms in total. The Morgan fingerprint density at radius 2 is 1.90 bits per heavy atom. The van der Waals surface area contributed by atoms with Crippen molar-refractivity contribution in [2.45, 2.75) is 18.2 Å². The first kappa shape index (κ1) is 14.9. The van der Waals surface area contributed by atoms with Crippen LogP contribution in [0.1, 0.15) is 12.0 Å². The zero-order valence-electron chi connectivity index (χ0n) is 11.2. The molecule has 0 aliphatic heterocycles. The number of benzene rings is 2. The van der Waals surface area contributed by atoms with E-state index in [-0.39, 0.29) is 5.91 Å². The molecule has 0 radical (unpaired) electrons. The van der Waals surface area contributed by atoms with E-state index >= 15 is 0 Å². The lowest BCUT2D eigenvalue weighted by Gasteiger charge is -2.09. The fourth-order valence-corrected chi connectivity index (χ4v) is 2.78. The van der Waals surface area contributed by atoms with Crippen molar-refractivity contribution < 1.29 is 4.79 Å². The number of hydrogen-bond donors (Lipinski definition) is 1. The van der Waals surface area contributed by atoms with Gasteiger partial charge in [0.2, 0.25) is 5.91 Å². The number of halogens is 1. The molecular formula is C16H16ClNOS. The van der Waals surface area contributed by atoms with Gasteiger partial charge in [-0.15, -0.1) is 11.8 Å². The van der Waals surface area contributed by atoms with E-state index in [1.807, 2.05) is 55.5 Å². The predicted molar refractivity (Wildman–Crippen MR) is 86.6 cm³/mol. The Balaban J connectivity index is 1.82. The minimum absolute atomic E-state index is 0.0128. The van der Waals surface area contributed by atoms with Gasteiger partial charge in [0.15, 0.2) is 0 Å². The minimum atomic E-state index is 0.0128. The summed E-state index contributed by atoms with van der Waals surface area (Å²) in [7, 11) is 0. The van der Waals surface area contributed by atoms with E-state index in [4.69, 9.17) is 11.6 Å². The molecule has 0 aliphatic rings. The molecule has 0 aromatic heterocycles. The van der Waals surface area contributed by atoms with Gasteiger partial charge in [0.05, 0.1) is 0 Å². The Bertz CT molecular complexity index is 586. The van der Waals surface area contributed by atoms with Gasteiger partial charge in [-0.1, -0.05) is 35.9 Å². The van der Waals surface area contributed by atoms with Crippen LogP contribution in [0.5, 0.6) is 0 Å². The second-order valence-electron chi connectivity index (χ2n) is 4.37. The van der Waals surface area contributed by atoms with Crippen LogP contribution in [0.2, 0.25) is 5.02 Å². The van der Waals surface area contributed by atoms with Gasteiger partial charge in [-0.25, -0.2) is 0 Å². The summed E-state index contributed by atoms with van der Waals surface area (Å²) in [5.74, 6) is 0.772. The average molecular weight is 306 g/mol. The number of amides is 1. The van der Waals surface area contributed by atoms with Crippen molar-refractivity contribution >= 4 is 35.0 Å². The van der Waals surface area contributed by atoms with Crippen molar-refractivity contribution in [1.82, 2.24) is 0 Å². The molecule has 4 heteroatoms. The van der Waals surface area contributed by atoms with Crippen LogP contribution in [0.15, 0.2) is 53.4 Å². The quantitative estimate of drug-likeness (QED) is 0.806. The first-order valence-electron chi connectivity index (χ1n) is 6.39. The third kappa shape index (κ3) is 4.29. The second-order valence-corrected chi connectivity index (χ2v) is 5.95. The molecule has 0 spiro atoms. The molecule has 0 unspecified atom stereocenters. The Labute approximate surface area is 128 Å². The largest absolute Gasteiger partial charge is 0.326 e. The van der Waals surface area contributed by atoms with E-state index in [1.165, 1.54) is 4.90 Å². The van der Waals surface area contributed by atoms with Crippen molar-refractivity contribution in [3.63, 3.8) is 0 Å². The number of nitrogens with one attached hydrogen (secondary N) is 1. The van der Waals surface area contributed by atoms with Crippen LogP contribution in [0.25, 0.3) is 0 Å². The molecule has 20 heavy (non-hydrogen) atoms. The van der Waals surface area contributed by atoms with Crippen LogP contribution < -0.4 is 5.32 Å². The fraction of sp³-hybridized carbons (Fsp3) is 0.188. The predicted octanol–water partition coefficient (Wildman–Crippen LogP) is 4.77. The van der Waals surface area contributed by atoms with Gasteiger partial charge in [-0.3, -0.25) is 4.79 Å². The molecular weight excluding hydrogens is 290 g/mol. The van der Waals surface area contributed by atoms with E-state index < -0.39 is 0 Å². The van der Waals surface area contributed by atoms with Crippen LogP contribution in [0, 0.1) is 6.92 Å². The van der Waals surface area contributed by atoms with Crippen LogP contribution >= 0.6 is 23.4 Å². The molecule has 0 atom stereocenters. The minimum Gasteiger partial charge on any atom is -0.326 e. The molecule has 0 heterocycles. The summed E-state index contributed by atoms with van der Waals surface area (Å²) < 4.78 is 0. The summed E-state index contributed by atoms with van der Waals surface area (Å²) in [6, 6.07) is 15.6. The molecule has 1 N–H and O–H groups in total. The normalized spacial score (nSPS) is 10.3. The SMILES string of the molecule is Cc1c(Cl)cccc1NC(=O)CCSc1ccccc1. The topological polar surface area (TPSA) is 29.1 Å². The summed E-state index contributed by atoms with van der Waals surface area (Å²) >= 11 is 7.71. The number of thioether (sulfide) groups is 1. The van der Waals surface area contributed by atoms with Crippen molar-refractivity contribution in [2.75, 3.05) is 11.1 Å². The Kier molecular flexibility index (Phi) is 5.50. The Morgan fingerprint density at radius 1 is 1.15 bits per heavy atom. The van der Waals surface area contributed by atoms with E-state index in [9.17, 15) is 4.79 Å². The molecule has 104 valence electrons. The van der Waals surface area contributed by atoms with Gasteiger partial charge in [-0.2, -0.15) is 0 Å². The highest BCUT2D eigenvalue weighted by Gasteiger charge is 2.06. The number of carbonyl (C=O) groups excluding carboxylic acids is 1. The average Bonchev–Trinajstić information content (AvgIpc) is 2.45. The Hall–Kier alpha value is -1.45. The summed E-state index contributed by atoms with van der Waals surface area (Å²) in [6.45, 7) is 1.90. The highest BCUT2D eigenvalue weighted by molar-refractivity contribution is 7.99. The van der Waals surface area contributed by atoms with Crippen LogP contribution in [0.3, 0.4) is 0 Å². The highest BCUT2D eigenvalue weighted by atomic mass is 35.5. The first-order valence-corrected chi connectivity index (χ1v) is 7.76. The van der Waals surface area contributed by atoms with Crippen molar-refractivity contribution in [3.05, 3.63) is 59.1 Å². The maximum absolute atomic E-state index is 11.9. The van der Waals surface area contributed by atoms with Gasteiger partial charge < -0.3 is 5.32 Å². The lowest BCUT2D eigenvalue weighted by atomic mass is 10.2. The van der Waals surface area contributed by atoms with E-state index in [0.29, 0.717) is 11.4 Å². The number of rotatable bonds is 5. The number of carbonyl (C=O) groups is 1. The Morgan fingerprint density at radius 3 is 2.65 bits per heavy atom. The molecule has 0 aliphatic carbocycles. The zero-order valence-corrected chi connectivity index (χ0v) is 12.8. The van der Waals surface area contributed by atoms with Crippen molar-refractivity contribution in [2.24, 2.45) is 0 Å². The monoisotopic (exact) mass is 305 g/mol. The van der Waals surface area contributed by atoms with E-state index in [2.05, 4.69) is 5.32 Å². The third-order valence-electron chi connectivity index (χ3n) is 2.88. The van der Waals surface area contributed by atoms with E-state index in [1.54, 1.807) is 11.8 Å². The van der Waals surface area contributed by atoms with Crippen LogP contribution in [0.4, 0.5) is 5.69 Å². The van der Waals surface area contributed by atoms with Gasteiger partial charge in [-0.05, 0) is 36.8 Å². The molecule has 2 rings (SSSR count). The van der Waals surface area contributed by atoms with Gasteiger partial charge >= 0.3 is 0 Å². The number of hydrogen-bond acceptors (Lipinski definition) is 2. The molecule has 0 fully saturated rings. The smallest absolute Gasteiger partial charge is 0.225 e. The molecule has 1 amide bonds. The second kappa shape index (κ2) is 7.36. The van der Waals surface area contributed by atoms with Gasteiger partial charge in [0, 0.05) is 27.8 Å². The maximum Gasteiger partial charge on any atom is 0.225 e. The molecule has 0 saturated heterocycles. The third-order valence-corrected chi connectivity index (χ3v) is 4.31. The highest BCUT2D eigenvalue weighted by Crippen LogP contribution is 2.23. The van der Waals surface area contributed by atoms with Crippen molar-refractivity contribution in [1.29, 1.82) is 0 Å². The molecule has 2 aromatic rings. The lowest BCUT2D eigenvalue weighted by molar-refractivity contribution is -0.115. The zero-order chi connectivity index (χ0) is 14.4. The molecule has 0 saturated carbocycles. The van der Waals surface area contributed by atoms with Crippen molar-refractivity contribution in [3.8, 4) is 0 Å². The summed E-state index contributed by atoms with van der Waals surface area (Å²) in [6.07, 6.45) is 0.478. The molecule has 2 aromatic carbocycles. The maximum atomic E-state index is 11.9. The van der Waals surface area contributed by atoms with Gasteiger partial charge in [0.1, 0.15) is 0 Å². The lowest BCUT2D eigenvalue weighted by Crippen LogP contribution is -2.13. The summed E-state index contributed by atoms with van der Waals surface area (Å²) in [5.41, 5.74) is 1.69. The fourth-order valence-electron chi connectivity index (χ4n) is 1.73. The summed E-state index contributed by atoms with van der Waals surface area (Å²) in [4.78, 5) is 13.1. The molecule has 0 bridgehead atoms. The van der Waals surface area contributed by atoms with E-state index in [0.717, 1.165) is 17.0 Å². The van der Waals surface area contributed by atoms with Gasteiger partial charge in [0.25, 0.3) is 0 Å². The first-order chi connectivity index (χ1) is 9.66. The number of anilines is 1. The summed E-state index contributed by atoms with van der Waals surface area (Å²) in [5, 5.41) is 3.57. The standard InChI is InChI=1S/C16H16ClNOS/c1-12-14(17)8-5-9-15(12)18-16(19)10-11-20-13-6-3-2-4-7-13/h2-9H,10-11H2,1H3,(H,18,19).